The van der Waals surface area contributed by atoms with Gasteiger partial charge in [0, 0.05) is 51.8 Å². The lowest BCUT2D eigenvalue weighted by molar-refractivity contribution is -0.00966. The first kappa shape index (κ1) is 22.5. The number of nitrogens with zero attached hydrogens (tertiary/aromatic N) is 3. The van der Waals surface area contributed by atoms with Crippen molar-refractivity contribution in [2.45, 2.75) is 32.4 Å². The van der Waals surface area contributed by atoms with Crippen molar-refractivity contribution in [1.29, 1.82) is 0 Å². The van der Waals surface area contributed by atoms with Crippen molar-refractivity contribution in [1.82, 2.24) is 15.1 Å². The molecule has 3 fully saturated rings. The number of benzene rings is 1. The number of ether oxygens (including phenoxy) is 3. The van der Waals surface area contributed by atoms with Gasteiger partial charge in [-0.25, -0.2) is 0 Å². The van der Waals surface area contributed by atoms with E-state index < -0.39 is 0 Å². The molecule has 3 heterocycles. The van der Waals surface area contributed by atoms with Crippen molar-refractivity contribution in [2.24, 2.45) is 10.9 Å². The van der Waals surface area contributed by atoms with Crippen molar-refractivity contribution < 1.29 is 14.2 Å². The molecule has 0 amide bonds. The summed E-state index contributed by atoms with van der Waals surface area (Å²) in [7, 11) is 1.88. The molecule has 3 atom stereocenters. The summed E-state index contributed by atoms with van der Waals surface area (Å²) in [6, 6.07) is 7.07. The van der Waals surface area contributed by atoms with Gasteiger partial charge in [0.1, 0.15) is 6.10 Å². The van der Waals surface area contributed by atoms with Crippen molar-refractivity contribution in [3.8, 4) is 0 Å². The molecule has 0 bridgehead atoms. The summed E-state index contributed by atoms with van der Waals surface area (Å²) in [4.78, 5) is 9.53. The van der Waals surface area contributed by atoms with Gasteiger partial charge in [-0.05, 0) is 31.4 Å². The molecule has 1 aromatic rings. The Balaban J connectivity index is 1.40. The highest BCUT2D eigenvalue weighted by Gasteiger charge is 2.32. The lowest BCUT2D eigenvalue weighted by Gasteiger charge is -2.39. The van der Waals surface area contributed by atoms with Gasteiger partial charge < -0.3 is 24.4 Å². The molecule has 7 heteroatoms. The van der Waals surface area contributed by atoms with Gasteiger partial charge in [0.25, 0.3) is 0 Å². The molecule has 3 aliphatic rings. The topological polar surface area (TPSA) is 58.6 Å². The average Bonchev–Trinajstić information content (AvgIpc) is 3.32. The molecule has 0 aliphatic carbocycles. The Morgan fingerprint density at radius 3 is 2.68 bits per heavy atom. The summed E-state index contributed by atoms with van der Waals surface area (Å²) in [5.74, 6) is 1.53. The van der Waals surface area contributed by atoms with E-state index in [4.69, 9.17) is 14.2 Å². The monoisotopic (exact) mass is 430 g/mol. The minimum Gasteiger partial charge on any atom is -0.381 e. The van der Waals surface area contributed by atoms with Crippen LogP contribution in [-0.4, -0.2) is 94.6 Å². The Labute approximate surface area is 186 Å². The number of guanidine groups is 1. The third-order valence-corrected chi connectivity index (χ3v) is 6.84. The summed E-state index contributed by atoms with van der Waals surface area (Å²) in [6.07, 6.45) is 1.21. The average molecular weight is 431 g/mol. The van der Waals surface area contributed by atoms with Gasteiger partial charge in [0.15, 0.2) is 5.96 Å². The highest BCUT2D eigenvalue weighted by atomic mass is 16.5. The van der Waals surface area contributed by atoms with E-state index in [-0.39, 0.29) is 6.10 Å². The van der Waals surface area contributed by atoms with E-state index in [0.29, 0.717) is 18.6 Å². The number of morpholine rings is 2. The normalized spacial score (nSPS) is 26.8. The molecule has 7 nitrogen and oxygen atoms in total. The van der Waals surface area contributed by atoms with Crippen LogP contribution in [0.25, 0.3) is 0 Å². The maximum Gasteiger partial charge on any atom is 0.193 e. The Bertz CT molecular complexity index is 744. The highest BCUT2D eigenvalue weighted by molar-refractivity contribution is 5.80. The van der Waals surface area contributed by atoms with Gasteiger partial charge >= 0.3 is 0 Å². The Morgan fingerprint density at radius 1 is 1.13 bits per heavy atom. The van der Waals surface area contributed by atoms with Crippen molar-refractivity contribution >= 4 is 5.96 Å². The fourth-order valence-corrected chi connectivity index (χ4v) is 5.10. The zero-order valence-corrected chi connectivity index (χ0v) is 19.3. The summed E-state index contributed by atoms with van der Waals surface area (Å²) in [5.41, 5.74) is 3.86. The van der Waals surface area contributed by atoms with E-state index in [9.17, 15) is 0 Å². The van der Waals surface area contributed by atoms with Gasteiger partial charge in [-0.3, -0.25) is 9.89 Å². The fourth-order valence-electron chi connectivity index (χ4n) is 5.10. The molecule has 4 rings (SSSR count). The lowest BCUT2D eigenvalue weighted by Crippen LogP contribution is -2.55. The van der Waals surface area contributed by atoms with Crippen molar-refractivity contribution in [3.05, 3.63) is 34.9 Å². The first-order valence-corrected chi connectivity index (χ1v) is 11.7. The Kier molecular flexibility index (Phi) is 7.82. The van der Waals surface area contributed by atoms with Crippen LogP contribution in [0.15, 0.2) is 23.2 Å². The Morgan fingerprint density at radius 2 is 1.97 bits per heavy atom. The first-order chi connectivity index (χ1) is 15.2. The van der Waals surface area contributed by atoms with Crippen LogP contribution >= 0.6 is 0 Å². The zero-order valence-electron chi connectivity index (χ0n) is 19.3. The van der Waals surface area contributed by atoms with E-state index in [0.717, 1.165) is 71.5 Å². The number of rotatable bonds is 5. The molecule has 0 saturated carbocycles. The number of hydrogen-bond acceptors (Lipinski definition) is 5. The van der Waals surface area contributed by atoms with Gasteiger partial charge in [-0.2, -0.15) is 0 Å². The quantitative estimate of drug-likeness (QED) is 0.570. The van der Waals surface area contributed by atoms with Crippen LogP contribution in [0.2, 0.25) is 0 Å². The standard InChI is InChI=1S/C24H38N4O3/c1-18-4-5-21(19(2)14-18)23-16-28(9-13-31-23)24(25-3)26-15-22(20-6-10-30-17-20)27-7-11-29-12-8-27/h4-5,14,20,22-23H,6-13,15-17H2,1-3H3,(H,25,26). The second-order valence-electron chi connectivity index (χ2n) is 8.93. The molecule has 31 heavy (non-hydrogen) atoms. The van der Waals surface area contributed by atoms with E-state index in [1.54, 1.807) is 0 Å². The molecule has 3 unspecified atom stereocenters. The second-order valence-corrected chi connectivity index (χ2v) is 8.93. The zero-order chi connectivity index (χ0) is 21.6. The van der Waals surface area contributed by atoms with Crippen LogP contribution in [-0.2, 0) is 14.2 Å². The molecule has 0 spiro atoms. The number of aliphatic imine (C=N–C) groups is 1. The van der Waals surface area contributed by atoms with Gasteiger partial charge in [-0.1, -0.05) is 23.8 Å². The Hall–Kier alpha value is -1.67. The van der Waals surface area contributed by atoms with E-state index in [2.05, 4.69) is 52.2 Å². The van der Waals surface area contributed by atoms with Crippen LogP contribution in [0.5, 0.6) is 0 Å². The van der Waals surface area contributed by atoms with Crippen molar-refractivity contribution in [3.63, 3.8) is 0 Å². The summed E-state index contributed by atoms with van der Waals surface area (Å²) in [6.45, 7) is 12.9. The third kappa shape index (κ3) is 5.58. The highest BCUT2D eigenvalue weighted by Crippen LogP contribution is 2.26. The largest absolute Gasteiger partial charge is 0.381 e. The predicted octanol–water partition coefficient (Wildman–Crippen LogP) is 1.99. The van der Waals surface area contributed by atoms with Gasteiger partial charge in [-0.15, -0.1) is 0 Å². The smallest absolute Gasteiger partial charge is 0.193 e. The van der Waals surface area contributed by atoms with E-state index in [1.165, 1.54) is 16.7 Å². The molecule has 3 saturated heterocycles. The maximum atomic E-state index is 6.15. The minimum atomic E-state index is 0.0752. The SMILES string of the molecule is CN=C(NCC(C1CCOC1)N1CCOCC1)N1CCOC(c2ccc(C)cc2C)C1. The molecule has 172 valence electrons. The number of hydrogen-bond donors (Lipinski definition) is 1. The number of nitrogens with one attached hydrogen (secondary N) is 1. The van der Waals surface area contributed by atoms with Gasteiger partial charge in [0.05, 0.1) is 33.0 Å². The first-order valence-electron chi connectivity index (χ1n) is 11.7. The van der Waals surface area contributed by atoms with E-state index >= 15 is 0 Å². The molecule has 0 aromatic heterocycles. The molecule has 3 aliphatic heterocycles. The van der Waals surface area contributed by atoms with Crippen LogP contribution in [0, 0.1) is 19.8 Å². The fraction of sp³-hybridized carbons (Fsp3) is 0.708. The summed E-state index contributed by atoms with van der Waals surface area (Å²) in [5, 5.41) is 3.69. The molecular weight excluding hydrogens is 392 g/mol. The summed E-state index contributed by atoms with van der Waals surface area (Å²) < 4.78 is 17.5. The van der Waals surface area contributed by atoms with Crippen LogP contribution in [0.1, 0.15) is 29.2 Å². The second kappa shape index (κ2) is 10.8. The summed E-state index contributed by atoms with van der Waals surface area (Å²) >= 11 is 0. The van der Waals surface area contributed by atoms with Crippen LogP contribution < -0.4 is 5.32 Å². The molecule has 0 radical (unpaired) electrons. The van der Waals surface area contributed by atoms with Crippen molar-refractivity contribution in [2.75, 3.05) is 72.8 Å². The molecule has 1 N–H and O–H groups in total. The van der Waals surface area contributed by atoms with Crippen LogP contribution in [0.3, 0.4) is 0 Å². The predicted molar refractivity (Wildman–Crippen MR) is 123 cm³/mol. The van der Waals surface area contributed by atoms with Crippen LogP contribution in [0.4, 0.5) is 0 Å². The minimum absolute atomic E-state index is 0.0752. The van der Waals surface area contributed by atoms with E-state index in [1.807, 2.05) is 7.05 Å². The molecular formula is C24H38N4O3. The third-order valence-electron chi connectivity index (χ3n) is 6.84. The maximum absolute atomic E-state index is 6.15. The van der Waals surface area contributed by atoms with Gasteiger partial charge in [0.2, 0.25) is 0 Å². The number of aryl methyl sites for hydroxylation is 2. The lowest BCUT2D eigenvalue weighted by atomic mass is 9.97. The molecule has 1 aromatic carbocycles.